The molecule has 0 saturated carbocycles. The van der Waals surface area contributed by atoms with Gasteiger partial charge in [-0.05, 0) is 44.7 Å². The molecule has 48 heavy (non-hydrogen) atoms. The zero-order valence-corrected chi connectivity index (χ0v) is 27.0. The van der Waals surface area contributed by atoms with Crippen molar-refractivity contribution < 1.29 is 10.0 Å². The zero-order chi connectivity index (χ0) is 33.5. The van der Waals surface area contributed by atoms with Crippen molar-refractivity contribution in [2.75, 3.05) is 11.5 Å². The molecule has 11 nitrogen and oxygen atoms in total. The van der Waals surface area contributed by atoms with Crippen LogP contribution in [0, 0.1) is 0 Å². The van der Waals surface area contributed by atoms with Crippen molar-refractivity contribution in [3.8, 4) is 33.8 Å². The van der Waals surface area contributed by atoms with Gasteiger partial charge in [0.1, 0.15) is 21.9 Å². The van der Waals surface area contributed by atoms with Crippen molar-refractivity contribution in [1.82, 2.24) is 30.1 Å². The van der Waals surface area contributed by atoms with Gasteiger partial charge >= 0.3 is 7.12 Å². The van der Waals surface area contributed by atoms with Gasteiger partial charge in [0, 0.05) is 28.3 Å². The lowest BCUT2D eigenvalue weighted by Gasteiger charge is -2.09. The maximum atomic E-state index is 8.87. The number of fused-ring (bicyclic) bond motifs is 2. The van der Waals surface area contributed by atoms with Crippen LogP contribution in [0.25, 0.3) is 44.7 Å². The van der Waals surface area contributed by atoms with Crippen molar-refractivity contribution >= 4 is 57.3 Å². The number of aromatic amines is 1. The Morgan fingerprint density at radius 3 is 2.06 bits per heavy atom. The number of benzene rings is 4. The van der Waals surface area contributed by atoms with Gasteiger partial charge in [-0.15, -0.1) is 0 Å². The standard InChI is InChI=1S/C17H13N5.C10H8BrN3.C8H8BNO2/c18-15-10-19-16(17(21-15)11-4-2-1-3-5-11)12-6-7-14-13(8-12)9-20-22-14;11-10-9(14-8(12)6-13-10)7-4-2-1-3-5-7;11-9(12)8-2-1-6-4-10-5-7(6)3-8/h1-10H,(H2,18,21)(H,20,22);1-6H,(H2,12,14);1-3,5,11-12H,4H2. The SMILES string of the molecule is Nc1cnc(-c2ccc3[nH]ncc3c2)c(-c2ccccc2)n1.Nc1cnc(Br)c(-c2ccccc2)n1.OB(O)c1ccc2c(c1)C=NC2. The van der Waals surface area contributed by atoms with Crippen molar-refractivity contribution in [3.05, 3.63) is 131 Å². The zero-order valence-electron chi connectivity index (χ0n) is 25.4. The van der Waals surface area contributed by atoms with Crippen LogP contribution in [-0.4, -0.2) is 53.5 Å². The van der Waals surface area contributed by atoms with Crippen molar-refractivity contribution in [3.63, 3.8) is 0 Å². The van der Waals surface area contributed by atoms with Crippen LogP contribution in [0.2, 0.25) is 0 Å². The number of anilines is 2. The summed E-state index contributed by atoms with van der Waals surface area (Å²) in [6.07, 6.45) is 6.66. The van der Waals surface area contributed by atoms with E-state index in [4.69, 9.17) is 21.5 Å². The largest absolute Gasteiger partial charge is 0.488 e. The first kappa shape index (κ1) is 32.2. The summed E-state index contributed by atoms with van der Waals surface area (Å²) in [6, 6.07) is 31.1. The minimum Gasteiger partial charge on any atom is -0.423 e. The molecule has 7 aromatic rings. The molecule has 3 aromatic heterocycles. The van der Waals surface area contributed by atoms with Crippen LogP contribution in [0.5, 0.6) is 0 Å². The number of nitrogens with zero attached hydrogens (tertiary/aromatic N) is 6. The van der Waals surface area contributed by atoms with E-state index in [1.54, 1.807) is 30.7 Å². The molecule has 0 aliphatic carbocycles. The average molecular weight is 698 g/mol. The second-order valence-electron chi connectivity index (χ2n) is 10.6. The molecular weight excluding hydrogens is 669 g/mol. The van der Waals surface area contributed by atoms with Crippen molar-refractivity contribution in [2.45, 2.75) is 6.54 Å². The molecule has 0 radical (unpaired) electrons. The van der Waals surface area contributed by atoms with Gasteiger partial charge in [0.05, 0.1) is 42.0 Å². The molecule has 13 heteroatoms. The monoisotopic (exact) mass is 697 g/mol. The van der Waals surface area contributed by atoms with Crippen molar-refractivity contribution in [2.24, 2.45) is 4.99 Å². The Morgan fingerprint density at radius 1 is 0.688 bits per heavy atom. The molecule has 4 aromatic carbocycles. The number of hydrogen-bond acceptors (Lipinski definition) is 10. The molecule has 8 rings (SSSR count). The lowest BCUT2D eigenvalue weighted by Crippen LogP contribution is -2.30. The van der Waals surface area contributed by atoms with Crippen LogP contribution >= 0.6 is 15.9 Å². The summed E-state index contributed by atoms with van der Waals surface area (Å²) in [5, 5.41) is 25.8. The Labute approximate surface area is 284 Å². The van der Waals surface area contributed by atoms with E-state index in [1.165, 1.54) is 6.20 Å². The second kappa shape index (κ2) is 14.8. The maximum Gasteiger partial charge on any atom is 0.488 e. The normalized spacial score (nSPS) is 11.2. The number of nitrogens with one attached hydrogen (secondary N) is 1. The first-order valence-electron chi connectivity index (χ1n) is 14.8. The van der Waals surface area contributed by atoms with E-state index in [0.717, 1.165) is 55.8 Å². The van der Waals surface area contributed by atoms with Crippen LogP contribution in [0.1, 0.15) is 11.1 Å². The summed E-state index contributed by atoms with van der Waals surface area (Å²) in [5.41, 5.74) is 20.4. The van der Waals surface area contributed by atoms with Gasteiger partial charge in [-0.2, -0.15) is 5.10 Å². The van der Waals surface area contributed by atoms with E-state index in [1.807, 2.05) is 84.9 Å². The molecule has 0 spiro atoms. The van der Waals surface area contributed by atoms with Gasteiger partial charge in [-0.25, -0.2) is 15.0 Å². The Balaban J connectivity index is 0.000000134. The van der Waals surface area contributed by atoms with Crippen LogP contribution in [0.3, 0.4) is 0 Å². The van der Waals surface area contributed by atoms with E-state index >= 15 is 0 Å². The smallest absolute Gasteiger partial charge is 0.423 e. The minimum absolute atomic E-state index is 0.409. The Hall–Kier alpha value is -5.76. The quantitative estimate of drug-likeness (QED) is 0.157. The van der Waals surface area contributed by atoms with Gasteiger partial charge < -0.3 is 21.5 Å². The highest BCUT2D eigenvalue weighted by atomic mass is 79.9. The third-order valence-corrected chi connectivity index (χ3v) is 7.89. The van der Waals surface area contributed by atoms with E-state index in [-0.39, 0.29) is 0 Å². The molecule has 236 valence electrons. The average Bonchev–Trinajstić information content (AvgIpc) is 3.80. The fraction of sp³-hybridized carbons (Fsp3) is 0.0286. The maximum absolute atomic E-state index is 8.87. The van der Waals surface area contributed by atoms with Crippen LogP contribution in [-0.2, 0) is 6.54 Å². The molecule has 0 saturated heterocycles. The summed E-state index contributed by atoms with van der Waals surface area (Å²) in [5.74, 6) is 0.832. The lowest BCUT2D eigenvalue weighted by atomic mass is 9.79. The van der Waals surface area contributed by atoms with Crippen LogP contribution < -0.4 is 16.9 Å². The van der Waals surface area contributed by atoms with Gasteiger partial charge in [0.15, 0.2) is 0 Å². The number of hydrogen-bond donors (Lipinski definition) is 5. The first-order valence-corrected chi connectivity index (χ1v) is 15.6. The summed E-state index contributed by atoms with van der Waals surface area (Å²) < 4.78 is 0.706. The predicted molar refractivity (Wildman–Crippen MR) is 194 cm³/mol. The van der Waals surface area contributed by atoms with Gasteiger partial charge in [-0.3, -0.25) is 15.1 Å². The topological polar surface area (TPSA) is 185 Å². The molecule has 7 N–H and O–H groups in total. The van der Waals surface area contributed by atoms with Gasteiger partial charge in [-0.1, -0.05) is 84.9 Å². The molecule has 0 fully saturated rings. The predicted octanol–water partition coefficient (Wildman–Crippen LogP) is 5.06. The highest BCUT2D eigenvalue weighted by molar-refractivity contribution is 9.10. The summed E-state index contributed by atoms with van der Waals surface area (Å²) >= 11 is 3.34. The van der Waals surface area contributed by atoms with E-state index < -0.39 is 7.12 Å². The second-order valence-corrected chi connectivity index (χ2v) is 11.4. The number of halogens is 1. The molecule has 0 atom stereocenters. The summed E-state index contributed by atoms with van der Waals surface area (Å²) in [6.45, 7) is 0.705. The number of aromatic nitrogens is 6. The Bertz CT molecular complexity index is 2200. The van der Waals surface area contributed by atoms with Crippen molar-refractivity contribution in [1.29, 1.82) is 0 Å². The third-order valence-electron chi connectivity index (χ3n) is 7.31. The van der Waals surface area contributed by atoms with E-state index in [0.29, 0.717) is 28.2 Å². The number of nitrogen functional groups attached to an aromatic ring is 2. The lowest BCUT2D eigenvalue weighted by molar-refractivity contribution is 0.426. The fourth-order valence-electron chi connectivity index (χ4n) is 4.95. The highest BCUT2D eigenvalue weighted by Gasteiger charge is 2.14. The number of H-pyrrole nitrogens is 1. The van der Waals surface area contributed by atoms with Crippen LogP contribution in [0.15, 0.2) is 125 Å². The first-order chi connectivity index (χ1) is 23.4. The van der Waals surface area contributed by atoms with Crippen LogP contribution in [0.4, 0.5) is 11.6 Å². The van der Waals surface area contributed by atoms with Gasteiger partial charge in [0.2, 0.25) is 0 Å². The van der Waals surface area contributed by atoms with Gasteiger partial charge in [0.25, 0.3) is 0 Å². The molecular formula is C35H29BBrN9O2. The van der Waals surface area contributed by atoms with E-state index in [2.05, 4.69) is 51.1 Å². The summed E-state index contributed by atoms with van der Waals surface area (Å²) in [4.78, 5) is 21.3. The molecule has 4 heterocycles. The number of nitrogens with two attached hydrogens (primary N) is 2. The van der Waals surface area contributed by atoms with E-state index in [9.17, 15) is 0 Å². The Kier molecular flexibility index (Phi) is 9.91. The Morgan fingerprint density at radius 2 is 1.35 bits per heavy atom. The minimum atomic E-state index is -1.38. The third kappa shape index (κ3) is 7.61. The summed E-state index contributed by atoms with van der Waals surface area (Å²) in [7, 11) is -1.38. The molecule has 0 amide bonds. The number of rotatable bonds is 4. The molecule has 1 aliphatic rings. The molecule has 1 aliphatic heterocycles. The highest BCUT2D eigenvalue weighted by Crippen LogP contribution is 2.31. The fourth-order valence-corrected chi connectivity index (χ4v) is 5.37. The molecule has 0 bridgehead atoms. The number of aliphatic imine (C=N–C) groups is 1. The molecule has 0 unspecified atom stereocenters.